The van der Waals surface area contributed by atoms with Gasteiger partial charge in [0.25, 0.3) is 0 Å². The van der Waals surface area contributed by atoms with Crippen molar-refractivity contribution in [2.45, 2.75) is 40.6 Å². The van der Waals surface area contributed by atoms with Crippen LogP contribution in [0.5, 0.6) is 0 Å². The Hall–Kier alpha value is -0.770. The van der Waals surface area contributed by atoms with Crippen LogP contribution in [0.1, 0.15) is 19.3 Å². The van der Waals surface area contributed by atoms with Crippen LogP contribution in [0.4, 0.5) is 13.2 Å². The van der Waals surface area contributed by atoms with Gasteiger partial charge in [-0.3, -0.25) is 0 Å². The molecule has 2 rings (SSSR count). The highest BCUT2D eigenvalue weighted by Crippen LogP contribution is 2.37. The Bertz CT molecular complexity index is 603. The van der Waals surface area contributed by atoms with Crippen LogP contribution in [0.3, 0.4) is 0 Å². The highest BCUT2D eigenvalue weighted by molar-refractivity contribution is 8.00. The van der Waals surface area contributed by atoms with Gasteiger partial charge in [0.05, 0.1) is 4.90 Å². The molecule has 2 N–H and O–H groups in total. The van der Waals surface area contributed by atoms with Crippen molar-refractivity contribution in [2.75, 3.05) is 13.1 Å². The summed E-state index contributed by atoms with van der Waals surface area (Å²) in [6, 6.07) is 4.53. The molecule has 0 aromatic heterocycles. The molecule has 4 nitrogen and oxygen atoms in total. The lowest BCUT2D eigenvalue weighted by Gasteiger charge is -2.33. The molecule has 0 bridgehead atoms. The van der Waals surface area contributed by atoms with Crippen molar-refractivity contribution in [3.63, 3.8) is 0 Å². The summed E-state index contributed by atoms with van der Waals surface area (Å²) in [4.78, 5) is -0.0418. The van der Waals surface area contributed by atoms with Crippen molar-refractivity contribution in [3.8, 4) is 0 Å². The molecule has 1 aromatic rings. The molecule has 1 unspecified atom stereocenters. The number of hydrogen-bond acceptors (Lipinski definition) is 4. The van der Waals surface area contributed by atoms with Crippen molar-refractivity contribution in [2.24, 2.45) is 5.73 Å². The van der Waals surface area contributed by atoms with Crippen molar-refractivity contribution >= 4 is 21.8 Å². The first-order valence-electron chi connectivity index (χ1n) is 6.82. The van der Waals surface area contributed by atoms with E-state index in [-0.39, 0.29) is 34.1 Å². The van der Waals surface area contributed by atoms with Crippen LogP contribution in [0.15, 0.2) is 34.1 Å². The maximum Gasteiger partial charge on any atom is 0.446 e. The second kappa shape index (κ2) is 6.77. The Morgan fingerprint density at radius 3 is 2.41 bits per heavy atom. The predicted octanol–water partition coefficient (Wildman–Crippen LogP) is 2.80. The summed E-state index contributed by atoms with van der Waals surface area (Å²) in [6.45, 7) is 0.629. The summed E-state index contributed by atoms with van der Waals surface area (Å²) in [5.74, 6) is 0. The highest BCUT2D eigenvalue weighted by Gasteiger charge is 2.33. The molecule has 0 aliphatic carbocycles. The first kappa shape index (κ1) is 17.6. The monoisotopic (exact) mass is 354 g/mol. The van der Waals surface area contributed by atoms with E-state index in [2.05, 4.69) is 0 Å². The average Bonchev–Trinajstić information content (AvgIpc) is 2.46. The van der Waals surface area contributed by atoms with Gasteiger partial charge in [0, 0.05) is 24.0 Å². The van der Waals surface area contributed by atoms with E-state index in [0.29, 0.717) is 13.0 Å². The number of nitrogens with zero attached hydrogens (tertiary/aromatic N) is 1. The fraction of sp³-hybridized carbons (Fsp3) is 0.538. The summed E-state index contributed by atoms with van der Waals surface area (Å²) in [5, 5.41) is 0. The van der Waals surface area contributed by atoms with Gasteiger partial charge < -0.3 is 5.73 Å². The highest BCUT2D eigenvalue weighted by atomic mass is 32.2. The molecule has 1 aliphatic rings. The quantitative estimate of drug-likeness (QED) is 0.845. The van der Waals surface area contributed by atoms with Gasteiger partial charge in [-0.1, -0.05) is 6.42 Å². The molecule has 1 atom stereocenters. The lowest BCUT2D eigenvalue weighted by molar-refractivity contribution is -0.0328. The Morgan fingerprint density at radius 2 is 1.86 bits per heavy atom. The molecule has 0 spiro atoms. The van der Waals surface area contributed by atoms with Crippen molar-refractivity contribution < 1.29 is 21.6 Å². The Morgan fingerprint density at radius 1 is 1.23 bits per heavy atom. The smallest absolute Gasteiger partial charge is 0.329 e. The maximum atomic E-state index is 12.6. The zero-order valence-electron chi connectivity index (χ0n) is 11.7. The molecule has 1 heterocycles. The Balaban J connectivity index is 2.22. The Labute approximate surface area is 131 Å². The van der Waals surface area contributed by atoms with E-state index < -0.39 is 15.5 Å². The molecule has 22 heavy (non-hydrogen) atoms. The molecular weight excluding hydrogens is 337 g/mol. The zero-order chi connectivity index (χ0) is 16.4. The molecule has 9 heteroatoms. The second-order valence-corrected chi connectivity index (χ2v) is 8.05. The third-order valence-electron chi connectivity index (χ3n) is 3.51. The van der Waals surface area contributed by atoms with Crippen LogP contribution in [0, 0.1) is 0 Å². The minimum Gasteiger partial charge on any atom is -0.329 e. The summed E-state index contributed by atoms with van der Waals surface area (Å²) >= 11 is -0.268. The van der Waals surface area contributed by atoms with Crippen molar-refractivity contribution in [3.05, 3.63) is 24.3 Å². The van der Waals surface area contributed by atoms with Gasteiger partial charge in [-0.2, -0.15) is 17.5 Å². The van der Waals surface area contributed by atoms with Crippen LogP contribution >= 0.6 is 11.8 Å². The molecule has 1 aromatic carbocycles. The average molecular weight is 354 g/mol. The van der Waals surface area contributed by atoms with Gasteiger partial charge >= 0.3 is 5.51 Å². The van der Waals surface area contributed by atoms with Gasteiger partial charge in [-0.05, 0) is 48.9 Å². The SMILES string of the molecule is NCC1CCCCN1S(=O)(=O)c1ccc(SC(F)(F)F)cc1. The molecule has 0 radical (unpaired) electrons. The fourth-order valence-corrected chi connectivity index (χ4v) is 4.72. The molecule has 1 fully saturated rings. The Kier molecular flexibility index (Phi) is 5.41. The van der Waals surface area contributed by atoms with Gasteiger partial charge in [0.2, 0.25) is 10.0 Å². The van der Waals surface area contributed by atoms with E-state index in [1.807, 2.05) is 0 Å². The minimum absolute atomic E-state index is 0.000579. The standard InChI is InChI=1S/C13H17F3N2O2S2/c14-13(15,16)21-11-4-6-12(7-5-11)22(19,20)18-8-2-1-3-10(18)9-17/h4-7,10H,1-3,8-9,17H2. The second-order valence-electron chi connectivity index (χ2n) is 5.02. The number of benzene rings is 1. The third kappa shape index (κ3) is 4.15. The summed E-state index contributed by atoms with van der Waals surface area (Å²) in [7, 11) is -3.72. The summed E-state index contributed by atoms with van der Waals surface area (Å²) < 4.78 is 63.4. The number of sulfonamides is 1. The molecular formula is C13H17F3N2O2S2. The first-order chi connectivity index (χ1) is 10.2. The molecule has 0 amide bonds. The number of piperidine rings is 1. The molecule has 1 aliphatic heterocycles. The van der Waals surface area contributed by atoms with Crippen LogP contribution in [-0.4, -0.2) is 37.4 Å². The van der Waals surface area contributed by atoms with E-state index >= 15 is 0 Å². The minimum atomic E-state index is -4.39. The zero-order valence-corrected chi connectivity index (χ0v) is 13.3. The number of rotatable bonds is 4. The van der Waals surface area contributed by atoms with Crippen molar-refractivity contribution in [1.29, 1.82) is 0 Å². The van der Waals surface area contributed by atoms with E-state index in [1.165, 1.54) is 28.6 Å². The van der Waals surface area contributed by atoms with Crippen LogP contribution in [-0.2, 0) is 10.0 Å². The maximum absolute atomic E-state index is 12.6. The molecule has 0 saturated carbocycles. The van der Waals surface area contributed by atoms with E-state index in [0.717, 1.165) is 12.8 Å². The molecule has 124 valence electrons. The van der Waals surface area contributed by atoms with Crippen LogP contribution in [0.2, 0.25) is 0 Å². The lowest BCUT2D eigenvalue weighted by Crippen LogP contribution is -2.47. The van der Waals surface area contributed by atoms with Crippen molar-refractivity contribution in [1.82, 2.24) is 4.31 Å². The molecule has 1 saturated heterocycles. The van der Waals surface area contributed by atoms with Gasteiger partial charge in [0.1, 0.15) is 0 Å². The number of halogens is 3. The number of alkyl halides is 3. The first-order valence-corrected chi connectivity index (χ1v) is 9.07. The van der Waals surface area contributed by atoms with Crippen LogP contribution in [0.25, 0.3) is 0 Å². The lowest BCUT2D eigenvalue weighted by atomic mass is 10.1. The number of nitrogens with two attached hydrogens (primary N) is 1. The number of hydrogen-bond donors (Lipinski definition) is 1. The fourth-order valence-electron chi connectivity index (χ4n) is 2.47. The van der Waals surface area contributed by atoms with Gasteiger partial charge in [0.15, 0.2) is 0 Å². The van der Waals surface area contributed by atoms with Gasteiger partial charge in [-0.25, -0.2) is 8.42 Å². The van der Waals surface area contributed by atoms with E-state index in [4.69, 9.17) is 5.73 Å². The summed E-state index contributed by atoms with van der Waals surface area (Å²) in [5.41, 5.74) is 1.24. The normalized spacial score (nSPS) is 21.0. The largest absolute Gasteiger partial charge is 0.446 e. The third-order valence-corrected chi connectivity index (χ3v) is 6.21. The number of thioether (sulfide) groups is 1. The van der Waals surface area contributed by atoms with E-state index in [9.17, 15) is 21.6 Å². The topological polar surface area (TPSA) is 63.4 Å². The predicted molar refractivity (Wildman–Crippen MR) is 78.9 cm³/mol. The summed E-state index contributed by atoms with van der Waals surface area (Å²) in [6.07, 6.45) is 2.39. The van der Waals surface area contributed by atoms with Gasteiger partial charge in [-0.15, -0.1) is 0 Å². The van der Waals surface area contributed by atoms with E-state index in [1.54, 1.807) is 0 Å². The van der Waals surface area contributed by atoms with Crippen LogP contribution < -0.4 is 5.73 Å².